The molecule has 0 atom stereocenters. The van der Waals surface area contributed by atoms with Crippen LogP contribution in [0.3, 0.4) is 0 Å². The van der Waals surface area contributed by atoms with Crippen molar-refractivity contribution < 1.29 is 13.2 Å². The Morgan fingerprint density at radius 3 is 2.09 bits per heavy atom. The summed E-state index contributed by atoms with van der Waals surface area (Å²) < 4.78 is 30.8. The fraction of sp³-hybridized carbons (Fsp3) is 0.0833. The highest BCUT2D eigenvalue weighted by Gasteiger charge is 2.24. The third-order valence-electron chi connectivity index (χ3n) is 4.71. The average Bonchev–Trinajstić information content (AvgIpc) is 3.21. The number of carbonyl (C=O) groups excluding carboxylic acids is 1. The normalized spacial score (nSPS) is 11.2. The maximum atomic E-state index is 13.3. The van der Waals surface area contributed by atoms with Crippen molar-refractivity contribution in [2.45, 2.75) is 18.4 Å². The van der Waals surface area contributed by atoms with Gasteiger partial charge in [0.15, 0.2) is 0 Å². The fourth-order valence-electron chi connectivity index (χ4n) is 3.28. The van der Waals surface area contributed by atoms with Gasteiger partial charge in [-0.05, 0) is 29.8 Å². The largest absolute Gasteiger partial charge is 0.326 e. The number of nitrogens with zero attached hydrogens (tertiary/aromatic N) is 2. The molecule has 0 bridgehead atoms. The van der Waals surface area contributed by atoms with Crippen LogP contribution in [0, 0.1) is 0 Å². The zero-order chi connectivity index (χ0) is 22.6. The first-order chi connectivity index (χ1) is 15.4. The van der Waals surface area contributed by atoms with Crippen LogP contribution in [-0.2, 0) is 21.4 Å². The standard InChI is InChI=1S/C24H22N4O3S/c1-18(29)25-21-12-14-22(15-13-21)27-32(30,31)23-17-28(16-19-8-4-2-5-9-19)26-24(23)20-10-6-3-7-11-20/h2-15,17,27H,16H2,1H3,(H,25,29). The minimum Gasteiger partial charge on any atom is -0.326 e. The van der Waals surface area contributed by atoms with Crippen molar-refractivity contribution in [3.8, 4) is 11.3 Å². The van der Waals surface area contributed by atoms with Gasteiger partial charge in [0, 0.05) is 30.1 Å². The summed E-state index contributed by atoms with van der Waals surface area (Å²) in [4.78, 5) is 11.3. The summed E-state index contributed by atoms with van der Waals surface area (Å²) in [5.74, 6) is -0.198. The van der Waals surface area contributed by atoms with Crippen LogP contribution in [-0.4, -0.2) is 24.1 Å². The Kier molecular flexibility index (Phi) is 6.04. The van der Waals surface area contributed by atoms with E-state index in [1.165, 1.54) is 6.92 Å². The lowest BCUT2D eigenvalue weighted by molar-refractivity contribution is -0.114. The molecule has 4 rings (SSSR count). The number of anilines is 2. The van der Waals surface area contributed by atoms with Crippen molar-refractivity contribution in [1.29, 1.82) is 0 Å². The van der Waals surface area contributed by atoms with Crippen LogP contribution in [0.1, 0.15) is 12.5 Å². The molecule has 8 heteroatoms. The van der Waals surface area contributed by atoms with E-state index in [-0.39, 0.29) is 10.8 Å². The molecule has 0 aliphatic carbocycles. The van der Waals surface area contributed by atoms with E-state index in [0.29, 0.717) is 29.2 Å². The summed E-state index contributed by atoms with van der Waals surface area (Å²) in [6, 6.07) is 25.4. The topological polar surface area (TPSA) is 93.1 Å². The Bertz CT molecular complexity index is 1320. The molecule has 3 aromatic carbocycles. The minimum absolute atomic E-state index is 0.0885. The molecule has 2 N–H and O–H groups in total. The molecule has 1 aromatic heterocycles. The first-order valence-electron chi connectivity index (χ1n) is 9.98. The number of carbonyl (C=O) groups is 1. The van der Waals surface area contributed by atoms with Gasteiger partial charge in [-0.15, -0.1) is 0 Å². The van der Waals surface area contributed by atoms with Crippen molar-refractivity contribution >= 4 is 27.3 Å². The second-order valence-corrected chi connectivity index (χ2v) is 8.91. The molecule has 0 aliphatic heterocycles. The van der Waals surface area contributed by atoms with Gasteiger partial charge in [-0.2, -0.15) is 5.10 Å². The van der Waals surface area contributed by atoms with Crippen LogP contribution < -0.4 is 10.0 Å². The number of nitrogens with one attached hydrogen (secondary N) is 2. The number of sulfonamides is 1. The van der Waals surface area contributed by atoms with Crippen LogP contribution in [0.15, 0.2) is 96.0 Å². The Hall–Kier alpha value is -3.91. The van der Waals surface area contributed by atoms with Crippen molar-refractivity contribution in [3.63, 3.8) is 0 Å². The van der Waals surface area contributed by atoms with Crippen molar-refractivity contribution in [3.05, 3.63) is 96.7 Å². The zero-order valence-corrected chi connectivity index (χ0v) is 18.2. The molecule has 4 aromatic rings. The second-order valence-electron chi connectivity index (χ2n) is 7.26. The fourth-order valence-corrected chi connectivity index (χ4v) is 4.51. The number of benzene rings is 3. The van der Waals surface area contributed by atoms with E-state index in [1.54, 1.807) is 35.1 Å². The smallest absolute Gasteiger partial charge is 0.265 e. The molecule has 162 valence electrons. The van der Waals surface area contributed by atoms with Crippen LogP contribution in [0.4, 0.5) is 11.4 Å². The SMILES string of the molecule is CC(=O)Nc1ccc(NS(=O)(=O)c2cn(Cc3ccccc3)nc2-c2ccccc2)cc1. The first-order valence-corrected chi connectivity index (χ1v) is 11.5. The lowest BCUT2D eigenvalue weighted by atomic mass is 10.2. The Labute approximate surface area is 186 Å². The number of hydrogen-bond acceptors (Lipinski definition) is 4. The summed E-state index contributed by atoms with van der Waals surface area (Å²) in [5, 5.41) is 7.23. The van der Waals surface area contributed by atoms with Gasteiger partial charge in [0.2, 0.25) is 5.91 Å². The van der Waals surface area contributed by atoms with Gasteiger partial charge < -0.3 is 5.32 Å². The molecule has 32 heavy (non-hydrogen) atoms. The van der Waals surface area contributed by atoms with Crippen molar-refractivity contribution in [2.24, 2.45) is 0 Å². The number of aromatic nitrogens is 2. The molecule has 0 fully saturated rings. The Morgan fingerprint density at radius 2 is 1.47 bits per heavy atom. The highest BCUT2D eigenvalue weighted by atomic mass is 32.2. The van der Waals surface area contributed by atoms with Gasteiger partial charge in [-0.1, -0.05) is 60.7 Å². The van der Waals surface area contributed by atoms with E-state index in [9.17, 15) is 13.2 Å². The number of rotatable bonds is 7. The van der Waals surface area contributed by atoms with Crippen molar-refractivity contribution in [2.75, 3.05) is 10.0 Å². The molecule has 0 spiro atoms. The molecule has 7 nitrogen and oxygen atoms in total. The maximum absolute atomic E-state index is 13.3. The molecule has 1 heterocycles. The molecular weight excluding hydrogens is 424 g/mol. The highest BCUT2D eigenvalue weighted by Crippen LogP contribution is 2.28. The van der Waals surface area contributed by atoms with Gasteiger partial charge >= 0.3 is 0 Å². The quantitative estimate of drug-likeness (QED) is 0.441. The third-order valence-corrected chi connectivity index (χ3v) is 6.09. The van der Waals surface area contributed by atoms with Crippen LogP contribution in [0.2, 0.25) is 0 Å². The predicted molar refractivity (Wildman–Crippen MR) is 125 cm³/mol. The lowest BCUT2D eigenvalue weighted by Gasteiger charge is -2.09. The monoisotopic (exact) mass is 446 g/mol. The van der Waals surface area contributed by atoms with Crippen LogP contribution in [0.25, 0.3) is 11.3 Å². The highest BCUT2D eigenvalue weighted by molar-refractivity contribution is 7.92. The van der Waals surface area contributed by atoms with Crippen LogP contribution in [0.5, 0.6) is 0 Å². The van der Waals surface area contributed by atoms with E-state index in [1.807, 2.05) is 60.7 Å². The van der Waals surface area contributed by atoms with Gasteiger partial charge in [0.1, 0.15) is 10.6 Å². The molecule has 0 saturated carbocycles. The molecule has 0 saturated heterocycles. The van der Waals surface area contributed by atoms with E-state index >= 15 is 0 Å². The van der Waals surface area contributed by atoms with Crippen LogP contribution >= 0.6 is 0 Å². The molecule has 0 radical (unpaired) electrons. The molecular formula is C24H22N4O3S. The lowest BCUT2D eigenvalue weighted by Crippen LogP contribution is -2.13. The second kappa shape index (κ2) is 9.07. The molecule has 0 aliphatic rings. The Balaban J connectivity index is 1.67. The number of amides is 1. The van der Waals surface area contributed by atoms with Gasteiger partial charge in [0.25, 0.3) is 10.0 Å². The summed E-state index contributed by atoms with van der Waals surface area (Å²) in [7, 11) is -3.92. The zero-order valence-electron chi connectivity index (χ0n) is 17.4. The Morgan fingerprint density at radius 1 is 0.875 bits per heavy atom. The van der Waals surface area contributed by atoms with E-state index in [2.05, 4.69) is 15.1 Å². The molecule has 0 unspecified atom stereocenters. The third kappa shape index (κ3) is 5.04. The van der Waals surface area contributed by atoms with E-state index < -0.39 is 10.0 Å². The summed E-state index contributed by atoms with van der Waals surface area (Å²) in [6.45, 7) is 1.86. The summed E-state index contributed by atoms with van der Waals surface area (Å²) in [5.41, 5.74) is 3.07. The average molecular weight is 447 g/mol. The summed E-state index contributed by atoms with van der Waals surface area (Å²) >= 11 is 0. The molecule has 1 amide bonds. The van der Waals surface area contributed by atoms with Gasteiger partial charge in [-0.3, -0.25) is 14.2 Å². The summed E-state index contributed by atoms with van der Waals surface area (Å²) in [6.07, 6.45) is 1.54. The van der Waals surface area contributed by atoms with E-state index in [4.69, 9.17) is 0 Å². The predicted octanol–water partition coefficient (Wildman–Crippen LogP) is 4.36. The minimum atomic E-state index is -3.92. The van der Waals surface area contributed by atoms with Crippen molar-refractivity contribution in [1.82, 2.24) is 9.78 Å². The first kappa shape index (κ1) is 21.3. The van der Waals surface area contributed by atoms with Gasteiger partial charge in [-0.25, -0.2) is 8.42 Å². The van der Waals surface area contributed by atoms with Gasteiger partial charge in [0.05, 0.1) is 6.54 Å². The maximum Gasteiger partial charge on any atom is 0.265 e. The van der Waals surface area contributed by atoms with E-state index in [0.717, 1.165) is 5.56 Å². The number of hydrogen-bond donors (Lipinski definition) is 2.